The Morgan fingerprint density at radius 2 is 1.66 bits per heavy atom. The van der Waals surface area contributed by atoms with Crippen LogP contribution in [-0.4, -0.2) is 33.8 Å². The van der Waals surface area contributed by atoms with Gasteiger partial charge in [0.25, 0.3) is 5.91 Å². The summed E-state index contributed by atoms with van der Waals surface area (Å²) in [6.45, 7) is 7.11. The van der Waals surface area contributed by atoms with Gasteiger partial charge in [-0.2, -0.15) is 0 Å². The highest BCUT2D eigenvalue weighted by molar-refractivity contribution is 7.90. The van der Waals surface area contributed by atoms with E-state index in [2.05, 4.69) is 5.32 Å². The summed E-state index contributed by atoms with van der Waals surface area (Å²) in [7, 11) is -3.38. The van der Waals surface area contributed by atoms with Crippen molar-refractivity contribution in [3.63, 3.8) is 0 Å². The standard InChI is InChI=1S/C22H29NO5S/c1-5-12-27-20-11-10-17(15-21(20)28-13-6-2)16(3)23-22(24)18-8-7-9-19(14-18)29(4,25)26/h7-11,14-16H,5-6,12-13H2,1-4H3,(H,23,24)/t16-/m1/s1. The monoisotopic (exact) mass is 419 g/mol. The van der Waals surface area contributed by atoms with E-state index in [1.165, 1.54) is 12.1 Å². The zero-order valence-corrected chi connectivity index (χ0v) is 18.2. The highest BCUT2D eigenvalue weighted by Gasteiger charge is 2.16. The number of hydrogen-bond acceptors (Lipinski definition) is 5. The van der Waals surface area contributed by atoms with Crippen molar-refractivity contribution < 1.29 is 22.7 Å². The first-order valence-electron chi connectivity index (χ1n) is 9.76. The first-order valence-corrected chi connectivity index (χ1v) is 11.7. The lowest BCUT2D eigenvalue weighted by Gasteiger charge is -2.18. The third kappa shape index (κ3) is 6.49. The molecule has 1 amide bonds. The van der Waals surface area contributed by atoms with Gasteiger partial charge in [0.2, 0.25) is 0 Å². The van der Waals surface area contributed by atoms with Gasteiger partial charge in [-0.1, -0.05) is 26.0 Å². The Hall–Kier alpha value is -2.54. The van der Waals surface area contributed by atoms with Gasteiger partial charge in [0.15, 0.2) is 21.3 Å². The Bertz CT molecular complexity index is 940. The first-order chi connectivity index (χ1) is 13.8. The van der Waals surface area contributed by atoms with Gasteiger partial charge in [-0.05, 0) is 55.7 Å². The molecule has 0 aliphatic heterocycles. The third-order valence-electron chi connectivity index (χ3n) is 4.26. The summed E-state index contributed by atoms with van der Waals surface area (Å²) in [4.78, 5) is 12.7. The summed E-state index contributed by atoms with van der Waals surface area (Å²) in [5.74, 6) is 0.992. The van der Waals surface area contributed by atoms with Gasteiger partial charge in [-0.15, -0.1) is 0 Å². The number of carbonyl (C=O) groups excluding carboxylic acids is 1. The van der Waals surface area contributed by atoms with Crippen LogP contribution < -0.4 is 14.8 Å². The number of hydrogen-bond donors (Lipinski definition) is 1. The molecule has 0 saturated carbocycles. The molecule has 0 fully saturated rings. The number of carbonyl (C=O) groups is 1. The second-order valence-electron chi connectivity index (χ2n) is 6.90. The molecule has 158 valence electrons. The maximum atomic E-state index is 12.6. The van der Waals surface area contributed by atoms with Crippen molar-refractivity contribution in [2.45, 2.75) is 44.6 Å². The molecule has 0 aromatic heterocycles. The fraction of sp³-hybridized carbons (Fsp3) is 0.409. The molecule has 29 heavy (non-hydrogen) atoms. The predicted molar refractivity (Wildman–Crippen MR) is 113 cm³/mol. The Balaban J connectivity index is 2.19. The molecule has 2 aromatic carbocycles. The summed E-state index contributed by atoms with van der Waals surface area (Å²) in [6, 6.07) is 11.3. The van der Waals surface area contributed by atoms with E-state index in [0.717, 1.165) is 24.7 Å². The van der Waals surface area contributed by atoms with E-state index in [0.29, 0.717) is 30.3 Å². The van der Waals surface area contributed by atoms with E-state index in [4.69, 9.17) is 9.47 Å². The number of rotatable bonds is 10. The van der Waals surface area contributed by atoms with Crippen molar-refractivity contribution >= 4 is 15.7 Å². The Labute approximate surface area is 173 Å². The van der Waals surface area contributed by atoms with Crippen molar-refractivity contribution in [2.75, 3.05) is 19.5 Å². The molecule has 2 rings (SSSR count). The molecule has 0 aliphatic rings. The maximum absolute atomic E-state index is 12.6. The molecule has 1 atom stereocenters. The number of ether oxygens (including phenoxy) is 2. The summed E-state index contributed by atoms with van der Waals surface area (Å²) < 4.78 is 35.0. The quantitative estimate of drug-likeness (QED) is 0.625. The summed E-state index contributed by atoms with van der Waals surface area (Å²) >= 11 is 0. The zero-order valence-electron chi connectivity index (χ0n) is 17.4. The smallest absolute Gasteiger partial charge is 0.251 e. The molecule has 0 heterocycles. The maximum Gasteiger partial charge on any atom is 0.251 e. The van der Waals surface area contributed by atoms with Crippen LogP contribution in [-0.2, 0) is 9.84 Å². The number of sulfone groups is 1. The highest BCUT2D eigenvalue weighted by Crippen LogP contribution is 2.31. The summed E-state index contributed by atoms with van der Waals surface area (Å²) in [6.07, 6.45) is 2.89. The van der Waals surface area contributed by atoms with Crippen molar-refractivity contribution in [2.24, 2.45) is 0 Å². The second-order valence-corrected chi connectivity index (χ2v) is 8.91. The molecular weight excluding hydrogens is 390 g/mol. The van der Waals surface area contributed by atoms with Crippen LogP contribution in [0.2, 0.25) is 0 Å². The van der Waals surface area contributed by atoms with Gasteiger partial charge < -0.3 is 14.8 Å². The van der Waals surface area contributed by atoms with Gasteiger partial charge >= 0.3 is 0 Å². The average Bonchev–Trinajstić information content (AvgIpc) is 2.70. The largest absolute Gasteiger partial charge is 0.490 e. The fourth-order valence-electron chi connectivity index (χ4n) is 2.68. The molecule has 0 spiro atoms. The predicted octanol–water partition coefficient (Wildman–Crippen LogP) is 4.16. The average molecular weight is 420 g/mol. The highest BCUT2D eigenvalue weighted by atomic mass is 32.2. The zero-order chi connectivity index (χ0) is 21.4. The van der Waals surface area contributed by atoms with Gasteiger partial charge in [-0.3, -0.25) is 4.79 Å². The molecule has 0 saturated heterocycles. The normalized spacial score (nSPS) is 12.3. The van der Waals surface area contributed by atoms with Crippen LogP contribution in [0.5, 0.6) is 11.5 Å². The van der Waals surface area contributed by atoms with E-state index in [1.54, 1.807) is 12.1 Å². The van der Waals surface area contributed by atoms with Crippen LogP contribution in [0.3, 0.4) is 0 Å². The van der Waals surface area contributed by atoms with Crippen molar-refractivity contribution in [3.8, 4) is 11.5 Å². The number of amides is 1. The Morgan fingerprint density at radius 3 is 2.28 bits per heavy atom. The van der Waals surface area contributed by atoms with E-state index in [1.807, 2.05) is 39.0 Å². The second kappa shape index (κ2) is 10.3. The topological polar surface area (TPSA) is 81.7 Å². The van der Waals surface area contributed by atoms with E-state index < -0.39 is 9.84 Å². The van der Waals surface area contributed by atoms with Crippen LogP contribution in [0.1, 0.15) is 55.6 Å². The van der Waals surface area contributed by atoms with Crippen molar-refractivity contribution in [3.05, 3.63) is 53.6 Å². The van der Waals surface area contributed by atoms with Gasteiger partial charge in [0.1, 0.15) is 0 Å². The summed E-state index contributed by atoms with van der Waals surface area (Å²) in [5.41, 5.74) is 1.16. The first kappa shape index (κ1) is 22.7. The number of benzene rings is 2. The molecule has 7 heteroatoms. The van der Waals surface area contributed by atoms with Crippen LogP contribution in [0.25, 0.3) is 0 Å². The SMILES string of the molecule is CCCOc1ccc([C@@H](C)NC(=O)c2cccc(S(C)(=O)=O)c2)cc1OCCC. The summed E-state index contributed by atoms with van der Waals surface area (Å²) in [5, 5.41) is 2.91. The van der Waals surface area contributed by atoms with Crippen molar-refractivity contribution in [1.29, 1.82) is 0 Å². The molecule has 1 N–H and O–H groups in total. The number of nitrogens with one attached hydrogen (secondary N) is 1. The minimum absolute atomic E-state index is 0.116. The van der Waals surface area contributed by atoms with Crippen LogP contribution in [0, 0.1) is 0 Å². The van der Waals surface area contributed by atoms with Gasteiger partial charge in [0, 0.05) is 11.8 Å². The van der Waals surface area contributed by atoms with Crippen LogP contribution in [0.15, 0.2) is 47.4 Å². The molecule has 0 unspecified atom stereocenters. The van der Waals surface area contributed by atoms with E-state index in [9.17, 15) is 13.2 Å². The van der Waals surface area contributed by atoms with Crippen LogP contribution >= 0.6 is 0 Å². The molecule has 0 aliphatic carbocycles. The van der Waals surface area contributed by atoms with Crippen molar-refractivity contribution in [1.82, 2.24) is 5.32 Å². The van der Waals surface area contributed by atoms with E-state index >= 15 is 0 Å². The Kier molecular flexibility index (Phi) is 8.08. The minimum atomic E-state index is -3.38. The molecular formula is C22H29NO5S. The minimum Gasteiger partial charge on any atom is -0.490 e. The molecule has 6 nitrogen and oxygen atoms in total. The Morgan fingerprint density at radius 1 is 1.00 bits per heavy atom. The third-order valence-corrected chi connectivity index (χ3v) is 5.37. The lowest BCUT2D eigenvalue weighted by Crippen LogP contribution is -2.26. The molecule has 2 aromatic rings. The fourth-order valence-corrected chi connectivity index (χ4v) is 3.35. The lowest BCUT2D eigenvalue weighted by molar-refractivity contribution is 0.0939. The van der Waals surface area contributed by atoms with Gasteiger partial charge in [0.05, 0.1) is 24.2 Å². The molecule has 0 radical (unpaired) electrons. The lowest BCUT2D eigenvalue weighted by atomic mass is 10.1. The van der Waals surface area contributed by atoms with Crippen LogP contribution in [0.4, 0.5) is 0 Å². The van der Waals surface area contributed by atoms with E-state index in [-0.39, 0.29) is 16.8 Å². The molecule has 0 bridgehead atoms. The van der Waals surface area contributed by atoms with Gasteiger partial charge in [-0.25, -0.2) is 8.42 Å².